The first-order valence-electron chi connectivity index (χ1n) is 4.45. The fourth-order valence-corrected chi connectivity index (χ4v) is 1.41. The number of aliphatic hydroxyl groups excluding tert-OH is 1. The molecule has 86 valence electrons. The lowest BCUT2D eigenvalue weighted by Crippen LogP contribution is -2.15. The summed E-state index contributed by atoms with van der Waals surface area (Å²) in [5, 5.41) is 19.5. The SMILES string of the molecule is NC(=O)c1ccc(CCO)c([N+](=O)[O-])c1N. The van der Waals surface area contributed by atoms with E-state index < -0.39 is 10.8 Å². The highest BCUT2D eigenvalue weighted by Crippen LogP contribution is 2.29. The largest absolute Gasteiger partial charge is 0.396 e. The van der Waals surface area contributed by atoms with Crippen molar-refractivity contribution >= 4 is 17.3 Å². The van der Waals surface area contributed by atoms with Gasteiger partial charge in [-0.25, -0.2) is 0 Å². The third-order valence-corrected chi connectivity index (χ3v) is 2.13. The zero-order chi connectivity index (χ0) is 12.3. The van der Waals surface area contributed by atoms with E-state index in [1.54, 1.807) is 0 Å². The molecule has 1 rings (SSSR count). The first-order valence-corrected chi connectivity index (χ1v) is 4.45. The van der Waals surface area contributed by atoms with E-state index in [0.29, 0.717) is 0 Å². The number of nitro benzene ring substituents is 1. The molecule has 0 aromatic heterocycles. The summed E-state index contributed by atoms with van der Waals surface area (Å²) in [4.78, 5) is 21.0. The van der Waals surface area contributed by atoms with Crippen molar-refractivity contribution in [3.05, 3.63) is 33.4 Å². The van der Waals surface area contributed by atoms with E-state index in [2.05, 4.69) is 0 Å². The van der Waals surface area contributed by atoms with Crippen molar-refractivity contribution in [2.75, 3.05) is 12.3 Å². The van der Waals surface area contributed by atoms with Crippen LogP contribution in [0.2, 0.25) is 0 Å². The normalized spacial score (nSPS) is 10.1. The van der Waals surface area contributed by atoms with Gasteiger partial charge in [0.15, 0.2) is 0 Å². The van der Waals surface area contributed by atoms with Crippen LogP contribution in [0.5, 0.6) is 0 Å². The van der Waals surface area contributed by atoms with Crippen LogP contribution in [-0.4, -0.2) is 22.5 Å². The van der Waals surface area contributed by atoms with Gasteiger partial charge >= 0.3 is 0 Å². The fourth-order valence-electron chi connectivity index (χ4n) is 1.41. The highest BCUT2D eigenvalue weighted by molar-refractivity contribution is 6.00. The maximum atomic E-state index is 10.9. The molecule has 1 amide bonds. The quantitative estimate of drug-likeness (QED) is 0.371. The average Bonchev–Trinajstić information content (AvgIpc) is 2.17. The van der Waals surface area contributed by atoms with Gasteiger partial charge in [0.1, 0.15) is 5.69 Å². The third kappa shape index (κ3) is 2.09. The zero-order valence-corrected chi connectivity index (χ0v) is 8.34. The van der Waals surface area contributed by atoms with Crippen molar-refractivity contribution in [3.8, 4) is 0 Å². The standard InChI is InChI=1S/C9H11N3O4/c10-7-6(9(11)14)2-1-5(3-4-13)8(7)12(15)16/h1-2,13H,3-4,10H2,(H2,11,14). The van der Waals surface area contributed by atoms with E-state index in [1.165, 1.54) is 12.1 Å². The van der Waals surface area contributed by atoms with E-state index in [4.69, 9.17) is 16.6 Å². The second kappa shape index (κ2) is 4.58. The lowest BCUT2D eigenvalue weighted by atomic mass is 10.0. The number of nitrogen functional groups attached to an aromatic ring is 1. The molecular formula is C9H11N3O4. The Balaban J connectivity index is 3.41. The molecule has 0 radical (unpaired) electrons. The Morgan fingerprint density at radius 1 is 1.50 bits per heavy atom. The summed E-state index contributed by atoms with van der Waals surface area (Å²) in [6, 6.07) is 2.68. The number of hydrogen-bond acceptors (Lipinski definition) is 5. The lowest BCUT2D eigenvalue weighted by Gasteiger charge is -2.06. The molecule has 0 atom stereocenters. The molecule has 5 N–H and O–H groups in total. The number of carbonyl (C=O) groups excluding carboxylic acids is 1. The van der Waals surface area contributed by atoms with Crippen LogP contribution in [0.15, 0.2) is 12.1 Å². The van der Waals surface area contributed by atoms with Gasteiger partial charge in [0.2, 0.25) is 0 Å². The molecule has 0 saturated carbocycles. The maximum Gasteiger partial charge on any atom is 0.296 e. The third-order valence-electron chi connectivity index (χ3n) is 2.13. The van der Waals surface area contributed by atoms with Crippen LogP contribution in [0.1, 0.15) is 15.9 Å². The molecule has 0 bridgehead atoms. The van der Waals surface area contributed by atoms with Gasteiger partial charge in [0.05, 0.1) is 10.5 Å². The van der Waals surface area contributed by atoms with Crippen LogP contribution in [-0.2, 0) is 6.42 Å². The molecule has 0 aliphatic rings. The fraction of sp³-hybridized carbons (Fsp3) is 0.222. The van der Waals surface area contributed by atoms with Crippen molar-refractivity contribution in [2.45, 2.75) is 6.42 Å². The molecule has 1 aromatic carbocycles. The van der Waals surface area contributed by atoms with E-state index in [9.17, 15) is 14.9 Å². The van der Waals surface area contributed by atoms with E-state index in [0.717, 1.165) is 0 Å². The molecule has 16 heavy (non-hydrogen) atoms. The van der Waals surface area contributed by atoms with Crippen LogP contribution in [0.3, 0.4) is 0 Å². The number of nitro groups is 1. The average molecular weight is 225 g/mol. The zero-order valence-electron chi connectivity index (χ0n) is 8.34. The summed E-state index contributed by atoms with van der Waals surface area (Å²) >= 11 is 0. The van der Waals surface area contributed by atoms with Gasteiger partial charge in [-0.1, -0.05) is 6.07 Å². The number of rotatable bonds is 4. The van der Waals surface area contributed by atoms with Crippen LogP contribution in [0.4, 0.5) is 11.4 Å². The molecule has 0 saturated heterocycles. The number of nitrogens with two attached hydrogens (primary N) is 2. The number of amides is 1. The van der Waals surface area contributed by atoms with Crippen LogP contribution in [0, 0.1) is 10.1 Å². The van der Waals surface area contributed by atoms with E-state index in [1.807, 2.05) is 0 Å². The van der Waals surface area contributed by atoms with Gasteiger partial charge < -0.3 is 16.6 Å². The molecule has 0 aliphatic carbocycles. The molecule has 0 unspecified atom stereocenters. The molecule has 1 aromatic rings. The summed E-state index contributed by atoms with van der Waals surface area (Å²) in [5.41, 5.74) is 10.1. The minimum absolute atomic E-state index is 0.0895. The van der Waals surface area contributed by atoms with Crippen LogP contribution < -0.4 is 11.5 Å². The van der Waals surface area contributed by atoms with Crippen LogP contribution >= 0.6 is 0 Å². The number of benzene rings is 1. The smallest absolute Gasteiger partial charge is 0.296 e. The Morgan fingerprint density at radius 2 is 2.12 bits per heavy atom. The number of anilines is 1. The summed E-state index contributed by atoms with van der Waals surface area (Å²) < 4.78 is 0. The second-order valence-corrected chi connectivity index (χ2v) is 3.13. The molecule has 7 heteroatoms. The first-order chi connectivity index (χ1) is 7.49. The molecule has 0 fully saturated rings. The van der Waals surface area contributed by atoms with Gasteiger partial charge in [-0.3, -0.25) is 14.9 Å². The predicted molar refractivity (Wildman–Crippen MR) is 56.8 cm³/mol. The number of hydrogen-bond donors (Lipinski definition) is 3. The highest BCUT2D eigenvalue weighted by atomic mass is 16.6. The number of aliphatic hydroxyl groups is 1. The summed E-state index contributed by atoms with van der Waals surface area (Å²) in [6.07, 6.45) is 0.0968. The molecular weight excluding hydrogens is 214 g/mol. The Kier molecular flexibility index (Phi) is 3.41. The summed E-state index contributed by atoms with van der Waals surface area (Å²) in [7, 11) is 0. The molecule has 0 spiro atoms. The Morgan fingerprint density at radius 3 is 2.56 bits per heavy atom. The Bertz CT molecular complexity index is 445. The van der Waals surface area contributed by atoms with Crippen molar-refractivity contribution < 1.29 is 14.8 Å². The first kappa shape index (κ1) is 11.9. The molecule has 7 nitrogen and oxygen atoms in total. The summed E-state index contributed by atoms with van der Waals surface area (Å²) in [6.45, 7) is -0.240. The number of primary amides is 1. The van der Waals surface area contributed by atoms with E-state index >= 15 is 0 Å². The minimum Gasteiger partial charge on any atom is -0.396 e. The van der Waals surface area contributed by atoms with Crippen molar-refractivity contribution in [1.82, 2.24) is 0 Å². The predicted octanol–water partition coefficient (Wildman–Crippen LogP) is -0.189. The minimum atomic E-state index is -0.823. The number of nitrogens with zero attached hydrogens (tertiary/aromatic N) is 1. The highest BCUT2D eigenvalue weighted by Gasteiger charge is 2.22. The van der Waals surface area contributed by atoms with Gasteiger partial charge in [0.25, 0.3) is 11.6 Å². The van der Waals surface area contributed by atoms with Crippen molar-refractivity contribution in [2.24, 2.45) is 5.73 Å². The summed E-state index contributed by atoms with van der Waals surface area (Å²) in [5.74, 6) is -0.823. The molecule has 0 aliphatic heterocycles. The van der Waals surface area contributed by atoms with E-state index in [-0.39, 0.29) is 35.5 Å². The lowest BCUT2D eigenvalue weighted by molar-refractivity contribution is -0.384. The van der Waals surface area contributed by atoms with Crippen LogP contribution in [0.25, 0.3) is 0 Å². The number of carbonyl (C=O) groups is 1. The molecule has 0 heterocycles. The maximum absolute atomic E-state index is 10.9. The monoisotopic (exact) mass is 225 g/mol. The van der Waals surface area contributed by atoms with Gasteiger partial charge in [0, 0.05) is 18.6 Å². The Labute approximate surface area is 90.8 Å². The van der Waals surface area contributed by atoms with Gasteiger partial charge in [-0.15, -0.1) is 0 Å². The second-order valence-electron chi connectivity index (χ2n) is 3.13. The van der Waals surface area contributed by atoms with Gasteiger partial charge in [-0.2, -0.15) is 0 Å². The topological polar surface area (TPSA) is 132 Å². The Hall–Kier alpha value is -2.15. The van der Waals surface area contributed by atoms with Crippen molar-refractivity contribution in [3.63, 3.8) is 0 Å². The van der Waals surface area contributed by atoms with Crippen molar-refractivity contribution in [1.29, 1.82) is 0 Å². The van der Waals surface area contributed by atoms with Gasteiger partial charge in [-0.05, 0) is 6.07 Å².